The Morgan fingerprint density at radius 3 is 2.45 bits per heavy atom. The van der Waals surface area contributed by atoms with Crippen molar-refractivity contribution in [1.29, 1.82) is 0 Å². The molecule has 0 N–H and O–H groups in total. The maximum atomic E-state index is 13.4. The van der Waals surface area contributed by atoms with Gasteiger partial charge < -0.3 is 9.64 Å². The molecule has 0 saturated carbocycles. The minimum absolute atomic E-state index is 0.132. The third-order valence-electron chi connectivity index (χ3n) is 6.00. The predicted molar refractivity (Wildman–Crippen MR) is 116 cm³/mol. The molecule has 2 aromatic rings. The Labute approximate surface area is 185 Å². The molecule has 2 atom stereocenters. The Morgan fingerprint density at radius 2 is 1.81 bits per heavy atom. The summed E-state index contributed by atoms with van der Waals surface area (Å²) >= 11 is 1.49. The van der Waals surface area contributed by atoms with Crippen molar-refractivity contribution in [2.24, 2.45) is 0 Å². The van der Waals surface area contributed by atoms with Gasteiger partial charge in [-0.05, 0) is 56.0 Å². The number of thioether (sulfide) groups is 1. The topological polar surface area (TPSA) is 63.7 Å². The van der Waals surface area contributed by atoms with Crippen LogP contribution in [0, 0.1) is 26.6 Å². The number of fused-ring (bicyclic) bond motifs is 1. The van der Waals surface area contributed by atoms with Gasteiger partial charge in [-0.25, -0.2) is 9.18 Å². The van der Waals surface area contributed by atoms with Crippen LogP contribution in [0.1, 0.15) is 45.5 Å². The van der Waals surface area contributed by atoms with Crippen LogP contribution in [-0.2, 0) is 19.2 Å². The van der Waals surface area contributed by atoms with Crippen LogP contribution in [0.25, 0.3) is 0 Å². The molecule has 0 unspecified atom stereocenters. The number of ether oxygens (including phenoxy) is 1. The van der Waals surface area contributed by atoms with Gasteiger partial charge >= 0.3 is 5.97 Å². The Balaban J connectivity index is 1.50. The quantitative estimate of drug-likeness (QED) is 0.517. The van der Waals surface area contributed by atoms with Gasteiger partial charge in [-0.3, -0.25) is 9.59 Å². The van der Waals surface area contributed by atoms with Crippen molar-refractivity contribution < 1.29 is 23.5 Å². The van der Waals surface area contributed by atoms with Crippen LogP contribution in [0.2, 0.25) is 0 Å². The lowest BCUT2D eigenvalue weighted by molar-refractivity contribution is -0.152. The second-order valence-electron chi connectivity index (χ2n) is 8.19. The van der Waals surface area contributed by atoms with Gasteiger partial charge in [0.1, 0.15) is 16.7 Å². The molecule has 2 aliphatic heterocycles. The van der Waals surface area contributed by atoms with Crippen molar-refractivity contribution in [1.82, 2.24) is 4.90 Å². The van der Waals surface area contributed by atoms with Crippen LogP contribution >= 0.6 is 11.8 Å². The fourth-order valence-corrected chi connectivity index (χ4v) is 6.39. The summed E-state index contributed by atoms with van der Waals surface area (Å²) in [6, 6.07) is 9.13. The lowest BCUT2D eigenvalue weighted by Crippen LogP contribution is -2.47. The predicted octanol–water partition coefficient (Wildman–Crippen LogP) is 4.07. The van der Waals surface area contributed by atoms with Crippen molar-refractivity contribution in [2.75, 3.05) is 12.4 Å². The van der Waals surface area contributed by atoms with Crippen molar-refractivity contribution in [2.45, 2.75) is 44.5 Å². The van der Waals surface area contributed by atoms with E-state index in [1.165, 1.54) is 23.9 Å². The second-order valence-corrected chi connectivity index (χ2v) is 9.48. The standard InChI is InChI=1S/C24H24FNO4S/c1-14-10-15(2)22(16(3)11-14)20(27)12-30-23(29)19-13-31-24(9-8-21(28)26(19)24)17-4-6-18(25)7-5-17/h4-7,10-11,19H,8-9,12-13H2,1-3H3/t19-,24-/m0/s1. The molecule has 1 amide bonds. The van der Waals surface area contributed by atoms with Crippen molar-refractivity contribution in [3.8, 4) is 0 Å². The average Bonchev–Trinajstić information content (AvgIpc) is 3.25. The monoisotopic (exact) mass is 441 g/mol. The zero-order valence-electron chi connectivity index (χ0n) is 17.7. The molecule has 0 bridgehead atoms. The van der Waals surface area contributed by atoms with E-state index in [-0.39, 0.29) is 24.1 Å². The molecule has 0 radical (unpaired) electrons. The first-order chi connectivity index (χ1) is 14.7. The van der Waals surface area contributed by atoms with E-state index in [9.17, 15) is 18.8 Å². The summed E-state index contributed by atoms with van der Waals surface area (Å²) in [5, 5.41) is 0. The highest BCUT2D eigenvalue weighted by Gasteiger charge is 2.57. The van der Waals surface area contributed by atoms with Gasteiger partial charge in [-0.1, -0.05) is 29.8 Å². The van der Waals surface area contributed by atoms with Gasteiger partial charge in [0.25, 0.3) is 0 Å². The molecule has 2 aromatic carbocycles. The molecule has 31 heavy (non-hydrogen) atoms. The smallest absolute Gasteiger partial charge is 0.330 e. The molecule has 4 rings (SSSR count). The fourth-order valence-electron chi connectivity index (χ4n) is 4.75. The highest BCUT2D eigenvalue weighted by atomic mass is 32.2. The zero-order valence-corrected chi connectivity index (χ0v) is 18.6. The van der Waals surface area contributed by atoms with Crippen LogP contribution < -0.4 is 0 Å². The summed E-state index contributed by atoms with van der Waals surface area (Å²) in [5.74, 6) is -0.948. The summed E-state index contributed by atoms with van der Waals surface area (Å²) in [7, 11) is 0. The number of amides is 1. The first kappa shape index (κ1) is 21.6. The summed E-state index contributed by atoms with van der Waals surface area (Å²) in [4.78, 5) is 39.1. The number of esters is 1. The lowest BCUT2D eigenvalue weighted by atomic mass is 9.97. The number of hydrogen-bond acceptors (Lipinski definition) is 5. The number of ketones is 1. The van der Waals surface area contributed by atoms with E-state index in [4.69, 9.17) is 4.74 Å². The summed E-state index contributed by atoms with van der Waals surface area (Å²) in [5.41, 5.74) is 4.12. The molecule has 0 aromatic heterocycles. The lowest BCUT2D eigenvalue weighted by Gasteiger charge is -2.33. The molecule has 5 nitrogen and oxygen atoms in total. The van der Waals surface area contributed by atoms with Gasteiger partial charge in [0.15, 0.2) is 6.61 Å². The SMILES string of the molecule is Cc1cc(C)c(C(=O)COC(=O)[C@@H]2CS[C@]3(c4ccc(F)cc4)CCC(=O)N23)c(C)c1. The molecular formula is C24H24FNO4S. The fraction of sp³-hybridized carbons (Fsp3) is 0.375. The molecule has 162 valence electrons. The first-order valence-electron chi connectivity index (χ1n) is 10.2. The number of rotatable bonds is 5. The molecule has 2 aliphatic rings. The highest BCUT2D eigenvalue weighted by molar-refractivity contribution is 8.00. The minimum Gasteiger partial charge on any atom is -0.456 e. The Hall–Kier alpha value is -2.67. The van der Waals surface area contributed by atoms with Gasteiger partial charge in [0, 0.05) is 17.7 Å². The Kier molecular flexibility index (Phi) is 5.64. The Bertz CT molecular complexity index is 1040. The number of nitrogens with zero attached hydrogens (tertiary/aromatic N) is 1. The van der Waals surface area contributed by atoms with Crippen LogP contribution in [0.4, 0.5) is 4.39 Å². The van der Waals surface area contributed by atoms with E-state index < -0.39 is 16.9 Å². The van der Waals surface area contributed by atoms with Gasteiger partial charge in [0.05, 0.1) is 0 Å². The number of hydrogen-bond donors (Lipinski definition) is 0. The van der Waals surface area contributed by atoms with Gasteiger partial charge in [-0.2, -0.15) is 0 Å². The van der Waals surface area contributed by atoms with Crippen molar-refractivity contribution in [3.63, 3.8) is 0 Å². The average molecular weight is 442 g/mol. The maximum absolute atomic E-state index is 13.4. The normalized spacial score (nSPS) is 22.5. The largest absolute Gasteiger partial charge is 0.456 e. The van der Waals surface area contributed by atoms with Crippen LogP contribution in [0.5, 0.6) is 0 Å². The van der Waals surface area contributed by atoms with E-state index >= 15 is 0 Å². The van der Waals surface area contributed by atoms with Crippen LogP contribution in [-0.4, -0.2) is 41.0 Å². The zero-order chi connectivity index (χ0) is 22.3. The van der Waals surface area contributed by atoms with E-state index in [1.807, 2.05) is 32.9 Å². The Morgan fingerprint density at radius 1 is 1.16 bits per heavy atom. The van der Waals surface area contributed by atoms with E-state index in [0.29, 0.717) is 24.2 Å². The molecule has 7 heteroatoms. The summed E-state index contributed by atoms with van der Waals surface area (Å²) in [6.45, 7) is 5.33. The third-order valence-corrected chi connectivity index (χ3v) is 7.59. The summed E-state index contributed by atoms with van der Waals surface area (Å²) < 4.78 is 18.8. The first-order valence-corrected chi connectivity index (χ1v) is 11.2. The van der Waals surface area contributed by atoms with Crippen molar-refractivity contribution in [3.05, 3.63) is 70.0 Å². The van der Waals surface area contributed by atoms with Crippen LogP contribution in [0.3, 0.4) is 0 Å². The van der Waals surface area contributed by atoms with Gasteiger partial charge in [-0.15, -0.1) is 11.8 Å². The third kappa shape index (κ3) is 3.76. The number of aryl methyl sites for hydroxylation is 3. The number of carbonyl (C=O) groups is 3. The van der Waals surface area contributed by atoms with Crippen LogP contribution in [0.15, 0.2) is 36.4 Å². The van der Waals surface area contributed by atoms with Crippen molar-refractivity contribution >= 4 is 29.4 Å². The molecular weight excluding hydrogens is 417 g/mol. The minimum atomic E-state index is -0.766. The van der Waals surface area contributed by atoms with Gasteiger partial charge in [0.2, 0.25) is 11.7 Å². The highest BCUT2D eigenvalue weighted by Crippen LogP contribution is 2.54. The molecule has 0 aliphatic carbocycles. The number of benzene rings is 2. The molecule has 2 saturated heterocycles. The number of halogens is 1. The molecule has 2 fully saturated rings. The molecule has 2 heterocycles. The second kappa shape index (κ2) is 8.11. The van der Waals surface area contributed by atoms with E-state index in [0.717, 1.165) is 22.3 Å². The maximum Gasteiger partial charge on any atom is 0.330 e. The van der Waals surface area contributed by atoms with E-state index in [2.05, 4.69) is 0 Å². The van der Waals surface area contributed by atoms with E-state index in [1.54, 1.807) is 17.0 Å². The molecule has 0 spiro atoms. The number of Topliss-reactive ketones (excluding diaryl/α,β-unsaturated/α-hetero) is 1. The summed E-state index contributed by atoms with van der Waals surface area (Å²) in [6.07, 6.45) is 0.863. The number of carbonyl (C=O) groups excluding carboxylic acids is 3.